The van der Waals surface area contributed by atoms with E-state index < -0.39 is 0 Å². The number of hydrogen-bond acceptors (Lipinski definition) is 3. The zero-order valence-electron chi connectivity index (χ0n) is 11.0. The van der Waals surface area contributed by atoms with E-state index >= 15 is 0 Å². The molecule has 92 valence electrons. The molecule has 1 rings (SSSR count). The highest BCUT2D eigenvalue weighted by Gasteiger charge is 2.24. The smallest absolute Gasteiger partial charge is 0.0897 e. The summed E-state index contributed by atoms with van der Waals surface area (Å²) < 4.78 is 0. The van der Waals surface area contributed by atoms with Gasteiger partial charge in [0.1, 0.15) is 0 Å². The van der Waals surface area contributed by atoms with E-state index in [4.69, 9.17) is 0 Å². The summed E-state index contributed by atoms with van der Waals surface area (Å²) in [7, 11) is 0. The zero-order valence-corrected chi connectivity index (χ0v) is 11.8. The molecule has 0 radical (unpaired) electrons. The topological polar surface area (TPSA) is 24.9 Å². The molecule has 0 amide bonds. The van der Waals surface area contributed by atoms with Gasteiger partial charge in [0.2, 0.25) is 0 Å². The maximum absolute atomic E-state index is 4.58. The van der Waals surface area contributed by atoms with Crippen molar-refractivity contribution in [1.29, 1.82) is 0 Å². The van der Waals surface area contributed by atoms with Gasteiger partial charge in [0.05, 0.1) is 10.7 Å². The van der Waals surface area contributed by atoms with E-state index in [0.717, 1.165) is 19.5 Å². The number of hydrogen-bond donors (Lipinski definition) is 1. The molecule has 0 bridgehead atoms. The summed E-state index contributed by atoms with van der Waals surface area (Å²) in [6.07, 6.45) is 3.60. The second-order valence-electron chi connectivity index (χ2n) is 4.88. The number of rotatable bonds is 7. The first-order valence-corrected chi connectivity index (χ1v) is 7.09. The van der Waals surface area contributed by atoms with E-state index in [1.165, 1.54) is 23.5 Å². The number of nitrogens with one attached hydrogen (secondary N) is 1. The molecule has 0 aromatic carbocycles. The Bertz CT molecular complexity index is 309. The second kappa shape index (κ2) is 6.36. The SMILES string of the molecule is CCCC(C)(CNCC)Cc1csc(C)n1. The first-order chi connectivity index (χ1) is 7.59. The number of aromatic nitrogens is 1. The molecule has 1 unspecified atom stereocenters. The van der Waals surface area contributed by atoms with Crippen molar-refractivity contribution in [3.8, 4) is 0 Å². The van der Waals surface area contributed by atoms with Crippen LogP contribution in [0.3, 0.4) is 0 Å². The van der Waals surface area contributed by atoms with E-state index in [0.29, 0.717) is 5.41 Å². The lowest BCUT2D eigenvalue weighted by molar-refractivity contribution is 0.275. The lowest BCUT2D eigenvalue weighted by atomic mass is 9.81. The van der Waals surface area contributed by atoms with Gasteiger partial charge in [-0.1, -0.05) is 27.2 Å². The van der Waals surface area contributed by atoms with Crippen LogP contribution < -0.4 is 5.32 Å². The molecule has 1 N–H and O–H groups in total. The van der Waals surface area contributed by atoms with Crippen LogP contribution >= 0.6 is 11.3 Å². The third-order valence-corrected chi connectivity index (χ3v) is 3.75. The summed E-state index contributed by atoms with van der Waals surface area (Å²) >= 11 is 1.76. The van der Waals surface area contributed by atoms with E-state index in [-0.39, 0.29) is 0 Å². The Balaban J connectivity index is 2.62. The molecule has 0 fully saturated rings. The Kier molecular flexibility index (Phi) is 5.42. The van der Waals surface area contributed by atoms with Gasteiger partial charge in [-0.15, -0.1) is 11.3 Å². The van der Waals surface area contributed by atoms with E-state index in [1.54, 1.807) is 11.3 Å². The monoisotopic (exact) mass is 240 g/mol. The fourth-order valence-electron chi connectivity index (χ4n) is 2.20. The average Bonchev–Trinajstić information content (AvgIpc) is 2.61. The summed E-state index contributed by atoms with van der Waals surface area (Å²) in [4.78, 5) is 4.58. The second-order valence-corrected chi connectivity index (χ2v) is 5.94. The molecule has 0 aliphatic heterocycles. The summed E-state index contributed by atoms with van der Waals surface area (Å²) in [6.45, 7) is 11.0. The highest BCUT2D eigenvalue weighted by atomic mass is 32.1. The molecule has 1 heterocycles. The summed E-state index contributed by atoms with van der Waals surface area (Å²) in [5, 5.41) is 6.86. The van der Waals surface area contributed by atoms with Crippen molar-refractivity contribution in [3.63, 3.8) is 0 Å². The van der Waals surface area contributed by atoms with Crippen molar-refractivity contribution in [2.24, 2.45) is 5.41 Å². The van der Waals surface area contributed by atoms with Crippen molar-refractivity contribution in [1.82, 2.24) is 10.3 Å². The van der Waals surface area contributed by atoms with Crippen LogP contribution in [-0.4, -0.2) is 18.1 Å². The predicted molar refractivity (Wildman–Crippen MR) is 72.1 cm³/mol. The van der Waals surface area contributed by atoms with Crippen molar-refractivity contribution in [2.45, 2.75) is 47.0 Å². The number of nitrogens with zero attached hydrogens (tertiary/aromatic N) is 1. The van der Waals surface area contributed by atoms with Gasteiger partial charge >= 0.3 is 0 Å². The van der Waals surface area contributed by atoms with Crippen molar-refractivity contribution in [2.75, 3.05) is 13.1 Å². The molecule has 0 saturated carbocycles. The van der Waals surface area contributed by atoms with Gasteiger partial charge < -0.3 is 5.32 Å². The first kappa shape index (κ1) is 13.7. The fraction of sp³-hybridized carbons (Fsp3) is 0.769. The Hall–Kier alpha value is -0.410. The highest BCUT2D eigenvalue weighted by molar-refractivity contribution is 7.09. The molecule has 2 nitrogen and oxygen atoms in total. The van der Waals surface area contributed by atoms with Crippen LogP contribution in [0.25, 0.3) is 0 Å². The zero-order chi connectivity index (χ0) is 12.0. The minimum Gasteiger partial charge on any atom is -0.316 e. The van der Waals surface area contributed by atoms with Gasteiger partial charge in [-0.3, -0.25) is 0 Å². The van der Waals surface area contributed by atoms with Crippen LogP contribution in [-0.2, 0) is 6.42 Å². The molecular formula is C13H24N2S. The third-order valence-electron chi connectivity index (χ3n) is 2.93. The molecule has 0 aliphatic rings. The van der Waals surface area contributed by atoms with Gasteiger partial charge in [-0.2, -0.15) is 0 Å². The van der Waals surface area contributed by atoms with E-state index in [9.17, 15) is 0 Å². The molecule has 1 aromatic rings. The standard InChI is InChI=1S/C13H24N2S/c1-5-7-13(4,10-14-6-2)8-12-9-16-11(3)15-12/h9,14H,5-8,10H2,1-4H3. The van der Waals surface area contributed by atoms with Crippen LogP contribution in [0.15, 0.2) is 5.38 Å². The van der Waals surface area contributed by atoms with Gasteiger partial charge in [0, 0.05) is 11.9 Å². The minimum atomic E-state index is 0.352. The van der Waals surface area contributed by atoms with E-state index in [1.807, 2.05) is 0 Å². The van der Waals surface area contributed by atoms with Crippen LogP contribution in [0.1, 0.15) is 44.3 Å². The normalized spacial score (nSPS) is 15.0. The molecule has 1 atom stereocenters. The van der Waals surface area contributed by atoms with Crippen LogP contribution in [0.5, 0.6) is 0 Å². The van der Waals surface area contributed by atoms with Crippen molar-refractivity contribution < 1.29 is 0 Å². The van der Waals surface area contributed by atoms with Crippen LogP contribution in [0.2, 0.25) is 0 Å². The third kappa shape index (κ3) is 4.22. The summed E-state index contributed by atoms with van der Waals surface area (Å²) in [6, 6.07) is 0. The molecule has 0 saturated heterocycles. The Morgan fingerprint density at radius 2 is 2.19 bits per heavy atom. The van der Waals surface area contributed by atoms with Gasteiger partial charge in [-0.05, 0) is 31.7 Å². The number of thiazole rings is 1. The Labute approximate surface area is 103 Å². The van der Waals surface area contributed by atoms with Crippen LogP contribution in [0.4, 0.5) is 0 Å². The maximum atomic E-state index is 4.58. The van der Waals surface area contributed by atoms with Crippen molar-refractivity contribution >= 4 is 11.3 Å². The molecular weight excluding hydrogens is 216 g/mol. The molecule has 0 spiro atoms. The predicted octanol–water partition coefficient (Wildman–Crippen LogP) is 3.41. The van der Waals surface area contributed by atoms with Gasteiger partial charge in [0.15, 0.2) is 0 Å². The van der Waals surface area contributed by atoms with Crippen LogP contribution in [0, 0.1) is 12.3 Å². The number of aryl methyl sites for hydroxylation is 1. The molecule has 16 heavy (non-hydrogen) atoms. The molecule has 1 aromatic heterocycles. The van der Waals surface area contributed by atoms with Gasteiger partial charge in [0.25, 0.3) is 0 Å². The lowest BCUT2D eigenvalue weighted by Gasteiger charge is -2.29. The van der Waals surface area contributed by atoms with E-state index in [2.05, 4.69) is 43.4 Å². The first-order valence-electron chi connectivity index (χ1n) is 6.21. The molecule has 3 heteroatoms. The quantitative estimate of drug-likeness (QED) is 0.790. The largest absolute Gasteiger partial charge is 0.316 e. The average molecular weight is 240 g/mol. The Morgan fingerprint density at radius 3 is 2.69 bits per heavy atom. The van der Waals surface area contributed by atoms with Gasteiger partial charge in [-0.25, -0.2) is 4.98 Å². The van der Waals surface area contributed by atoms with Crippen molar-refractivity contribution in [3.05, 3.63) is 16.1 Å². The maximum Gasteiger partial charge on any atom is 0.0897 e. The highest BCUT2D eigenvalue weighted by Crippen LogP contribution is 2.28. The molecule has 0 aliphatic carbocycles. The Morgan fingerprint density at radius 1 is 1.44 bits per heavy atom. The minimum absolute atomic E-state index is 0.352. The summed E-state index contributed by atoms with van der Waals surface area (Å²) in [5.74, 6) is 0. The lowest BCUT2D eigenvalue weighted by Crippen LogP contribution is -2.33. The fourth-order valence-corrected chi connectivity index (χ4v) is 2.81. The summed E-state index contributed by atoms with van der Waals surface area (Å²) in [5.41, 5.74) is 1.61.